The van der Waals surface area contributed by atoms with Gasteiger partial charge in [-0.3, -0.25) is 34.1 Å². The number of alkyl halides is 3. The van der Waals surface area contributed by atoms with E-state index in [1.807, 2.05) is 69.0 Å². The molecule has 25 heteroatoms. The molecule has 2 saturated heterocycles. The minimum absolute atomic E-state index is 0.416. The maximum absolute atomic E-state index is 12.4. The van der Waals surface area contributed by atoms with Crippen LogP contribution in [0.25, 0.3) is 55.4 Å². The molecule has 0 radical (unpaired) electrons. The number of fused-ring (bicyclic) bond motifs is 4. The number of benzene rings is 2. The van der Waals surface area contributed by atoms with Crippen molar-refractivity contribution in [1.29, 1.82) is 0 Å². The molecule has 70 heavy (non-hydrogen) atoms. The molecule has 2 fully saturated rings. The van der Waals surface area contributed by atoms with E-state index in [1.165, 1.54) is 12.1 Å². The molecule has 0 aliphatic carbocycles. The summed E-state index contributed by atoms with van der Waals surface area (Å²) in [5, 5.41) is 31.5. The van der Waals surface area contributed by atoms with Crippen molar-refractivity contribution in [3.63, 3.8) is 0 Å². The van der Waals surface area contributed by atoms with Crippen LogP contribution in [0.4, 0.5) is 24.5 Å². The first-order valence-electron chi connectivity index (χ1n) is 21.5. The molecule has 0 atom stereocenters. The minimum Gasteiger partial charge on any atom is -0.378 e. The van der Waals surface area contributed by atoms with Gasteiger partial charge in [-0.05, 0) is 96.8 Å². The third-order valence-electron chi connectivity index (χ3n) is 11.2. The van der Waals surface area contributed by atoms with Crippen LogP contribution in [0.3, 0.4) is 0 Å². The van der Waals surface area contributed by atoms with Gasteiger partial charge in [-0.15, -0.1) is 10.2 Å². The summed E-state index contributed by atoms with van der Waals surface area (Å²) < 4.78 is 78.7. The lowest BCUT2D eigenvalue weighted by molar-refractivity contribution is -0.0500. The van der Waals surface area contributed by atoms with Crippen molar-refractivity contribution in [2.45, 2.75) is 15.6 Å². The highest BCUT2D eigenvalue weighted by molar-refractivity contribution is 7.99. The van der Waals surface area contributed by atoms with E-state index in [0.717, 1.165) is 98.2 Å². The third-order valence-corrected chi connectivity index (χ3v) is 13.4. The van der Waals surface area contributed by atoms with Gasteiger partial charge in [-0.1, -0.05) is 0 Å². The van der Waals surface area contributed by atoms with E-state index in [2.05, 4.69) is 84.1 Å². The number of H-pyrrole nitrogens is 3. The van der Waals surface area contributed by atoms with E-state index in [9.17, 15) is 21.6 Å². The number of nitrogens with one attached hydrogen (secondary N) is 3. The maximum Gasteiger partial charge on any atom is 0.534 e. The van der Waals surface area contributed by atoms with Crippen LogP contribution in [0.2, 0.25) is 0 Å². The zero-order valence-electron chi connectivity index (χ0n) is 36.5. The van der Waals surface area contributed by atoms with Gasteiger partial charge in [0.2, 0.25) is 0 Å². The molecule has 0 bridgehead atoms. The number of ether oxygens (including phenoxy) is 2. The van der Waals surface area contributed by atoms with Crippen molar-refractivity contribution >= 4 is 78.6 Å². The van der Waals surface area contributed by atoms with Crippen molar-refractivity contribution in [2.24, 2.45) is 0 Å². The van der Waals surface area contributed by atoms with Crippen molar-refractivity contribution in [3.05, 3.63) is 127 Å². The standard InChI is InChI=1S/C22H19N7OS.C14H13F3N2O4S.C9H7N5S/c1-4-21-26-27-22(29(21)14-15(1)17-11-24-25-12-17)31-19-2-3-20-16(10-19)9-18(13-23-20)28-5-7-30-8-6-28;15-14(16,17)24(20,21)23-12-1-2-13-10(8-12)7-11(9-18-13)19-3-5-22-6-4-19;15-9-13-12-8-2-1-6(5-14(8)9)7-3-10-11-4-7/h1-4,9-14H,5-8H2,(H,24,25);1-2,7-9H,3-6H2;1-5H,(H,10,11)(H,13,15). The van der Waals surface area contributed by atoms with Crippen LogP contribution in [0, 0.1) is 4.77 Å². The molecule has 10 aromatic rings. The monoisotopic (exact) mass is 1010 g/mol. The van der Waals surface area contributed by atoms with E-state index in [0.29, 0.717) is 42.0 Å². The maximum atomic E-state index is 12.4. The van der Waals surface area contributed by atoms with Gasteiger partial charge in [0, 0.05) is 88.9 Å². The Kier molecular flexibility index (Phi) is 13.1. The molecule has 0 amide bonds. The Morgan fingerprint density at radius 1 is 0.657 bits per heavy atom. The molecule has 0 spiro atoms. The second-order valence-electron chi connectivity index (χ2n) is 15.7. The number of morpholine rings is 2. The number of aromatic amines is 3. The molecule has 3 N–H and O–H groups in total. The molecular weight excluding hydrogens is 970 g/mol. The van der Waals surface area contributed by atoms with Crippen LogP contribution in [0.5, 0.6) is 5.75 Å². The lowest BCUT2D eigenvalue weighted by Crippen LogP contribution is -2.36. The first-order chi connectivity index (χ1) is 33.9. The summed E-state index contributed by atoms with van der Waals surface area (Å²) in [6.45, 7) is 5.80. The molecule has 358 valence electrons. The van der Waals surface area contributed by atoms with Gasteiger partial charge in [0.1, 0.15) is 5.75 Å². The minimum atomic E-state index is -5.70. The summed E-state index contributed by atoms with van der Waals surface area (Å²) in [5.41, 5.74) is 3.72. The number of nitrogens with zero attached hydrogens (tertiary/aromatic N) is 11. The van der Waals surface area contributed by atoms with Crippen LogP contribution in [0.1, 0.15) is 0 Å². The molecule has 0 unspecified atom stereocenters. The van der Waals surface area contributed by atoms with Gasteiger partial charge >= 0.3 is 15.6 Å². The topological polar surface area (TPSA) is 215 Å². The SMILES string of the molecule is O=S(=O)(Oc1ccc2ncc(N3CCOCC3)cc2c1)C(F)(F)F.S=c1[nH]nc2ccc(-c3cn[nH]c3)cn12.c1cc2ncc(N3CCOCC3)cc2cc1Sc1nnc2ccc(-c3cn[nH]c3)cn12. The summed E-state index contributed by atoms with van der Waals surface area (Å²) >= 11 is 6.69. The summed E-state index contributed by atoms with van der Waals surface area (Å²) in [7, 11) is -5.70. The molecule has 12 rings (SSSR count). The van der Waals surface area contributed by atoms with Crippen LogP contribution in [-0.2, 0) is 19.6 Å². The van der Waals surface area contributed by atoms with Crippen molar-refractivity contribution in [1.82, 2.24) is 59.6 Å². The summed E-state index contributed by atoms with van der Waals surface area (Å²) in [4.78, 5) is 14.3. The van der Waals surface area contributed by atoms with Gasteiger partial charge < -0.3 is 23.5 Å². The average Bonchev–Trinajstić information content (AvgIpc) is 4.24. The zero-order valence-corrected chi connectivity index (χ0v) is 39.0. The highest BCUT2D eigenvalue weighted by atomic mass is 32.2. The Balaban J connectivity index is 0.000000129. The Hall–Kier alpha value is -7.45. The number of hydrogen-bond acceptors (Lipinski definition) is 16. The highest BCUT2D eigenvalue weighted by Gasteiger charge is 2.48. The first-order valence-corrected chi connectivity index (χ1v) is 24.1. The van der Waals surface area contributed by atoms with Crippen molar-refractivity contribution < 1.29 is 35.2 Å². The van der Waals surface area contributed by atoms with Gasteiger partial charge in [0.05, 0.1) is 73.6 Å². The predicted octanol–water partition coefficient (Wildman–Crippen LogP) is 7.74. The number of halogens is 3. The quantitative estimate of drug-likeness (QED) is 0.0754. The molecule has 0 saturated carbocycles. The molecule has 2 aliphatic heterocycles. The molecule has 2 aromatic carbocycles. The fraction of sp³-hybridized carbons (Fsp3) is 0.200. The highest BCUT2D eigenvalue weighted by Crippen LogP contribution is 2.33. The molecule has 2 aliphatic rings. The Morgan fingerprint density at radius 3 is 1.81 bits per heavy atom. The van der Waals surface area contributed by atoms with Crippen molar-refractivity contribution in [3.8, 4) is 28.0 Å². The van der Waals surface area contributed by atoms with Crippen LogP contribution in [-0.4, -0.2) is 126 Å². The number of rotatable bonds is 8. The Bertz CT molecular complexity index is 3600. The van der Waals surface area contributed by atoms with Crippen LogP contribution < -0.4 is 14.0 Å². The average molecular weight is 1010 g/mol. The van der Waals surface area contributed by atoms with E-state index >= 15 is 0 Å². The summed E-state index contributed by atoms with van der Waals surface area (Å²) in [6.07, 6.45) is 14.9. The van der Waals surface area contributed by atoms with Gasteiger partial charge in [-0.2, -0.15) is 36.9 Å². The number of hydrogen-bond donors (Lipinski definition) is 3. The predicted molar refractivity (Wildman–Crippen MR) is 258 cm³/mol. The second kappa shape index (κ2) is 19.9. The lowest BCUT2D eigenvalue weighted by Gasteiger charge is -2.28. The van der Waals surface area contributed by atoms with E-state index in [4.69, 9.17) is 21.7 Å². The molecular formula is C45H39F3N14O5S3. The normalized spacial score (nSPS) is 14.4. The Morgan fingerprint density at radius 2 is 1.23 bits per heavy atom. The largest absolute Gasteiger partial charge is 0.534 e. The fourth-order valence-electron chi connectivity index (χ4n) is 7.58. The van der Waals surface area contributed by atoms with E-state index in [1.54, 1.807) is 36.4 Å². The molecule has 10 heterocycles. The van der Waals surface area contributed by atoms with Crippen LogP contribution in [0.15, 0.2) is 132 Å². The second-order valence-corrected chi connectivity index (χ2v) is 18.6. The zero-order chi connectivity index (χ0) is 48.2. The fourth-order valence-corrected chi connectivity index (χ4v) is 9.09. The third kappa shape index (κ3) is 10.3. The van der Waals surface area contributed by atoms with E-state index < -0.39 is 21.4 Å². The van der Waals surface area contributed by atoms with E-state index in [-0.39, 0.29) is 0 Å². The lowest BCUT2D eigenvalue weighted by atomic mass is 10.2. The number of aromatic nitrogens is 12. The molecule has 8 aromatic heterocycles. The number of anilines is 2. The van der Waals surface area contributed by atoms with Crippen molar-refractivity contribution in [2.75, 3.05) is 62.4 Å². The Labute approximate surface area is 404 Å². The first kappa shape index (κ1) is 46.3. The number of pyridine rings is 4. The summed E-state index contributed by atoms with van der Waals surface area (Å²) in [5.74, 6) is -0.416. The van der Waals surface area contributed by atoms with Gasteiger partial charge in [-0.25, -0.2) is 0 Å². The summed E-state index contributed by atoms with van der Waals surface area (Å²) in [6, 6.07) is 21.9. The van der Waals surface area contributed by atoms with Gasteiger partial charge in [0.25, 0.3) is 0 Å². The van der Waals surface area contributed by atoms with Crippen LogP contribution >= 0.6 is 24.0 Å². The van der Waals surface area contributed by atoms with Gasteiger partial charge in [0.15, 0.2) is 21.2 Å². The molecule has 19 nitrogen and oxygen atoms in total. The smallest absolute Gasteiger partial charge is 0.378 e.